The van der Waals surface area contributed by atoms with Crippen LogP contribution in [-0.2, 0) is 0 Å². The molecule has 0 atom stereocenters. The molecule has 0 aliphatic carbocycles. The molecule has 1 aromatic heterocycles. The van der Waals surface area contributed by atoms with Crippen LogP contribution in [0.25, 0.3) is 10.9 Å². The summed E-state index contributed by atoms with van der Waals surface area (Å²) in [5, 5.41) is 13.4. The van der Waals surface area contributed by atoms with E-state index in [1.165, 1.54) is 0 Å². The van der Waals surface area contributed by atoms with Crippen LogP contribution in [-0.4, -0.2) is 48.1 Å². The lowest BCUT2D eigenvalue weighted by Gasteiger charge is -2.12. The molecular formula is C17H23N3O2. The van der Waals surface area contributed by atoms with Crippen LogP contribution in [0.2, 0.25) is 0 Å². The second-order valence-electron chi connectivity index (χ2n) is 5.79. The number of carboxylic acid groups (broad SMARTS) is 1. The van der Waals surface area contributed by atoms with Gasteiger partial charge in [-0.2, -0.15) is 0 Å². The molecule has 0 amide bonds. The minimum atomic E-state index is -0.917. The van der Waals surface area contributed by atoms with E-state index in [0.717, 1.165) is 48.2 Å². The van der Waals surface area contributed by atoms with Crippen molar-refractivity contribution in [2.45, 2.75) is 19.8 Å². The van der Waals surface area contributed by atoms with E-state index >= 15 is 0 Å². The Morgan fingerprint density at radius 3 is 2.73 bits per heavy atom. The van der Waals surface area contributed by atoms with E-state index in [-0.39, 0.29) is 5.56 Å². The van der Waals surface area contributed by atoms with E-state index in [1.807, 2.05) is 13.0 Å². The molecular weight excluding hydrogens is 278 g/mol. The van der Waals surface area contributed by atoms with Gasteiger partial charge in [-0.25, -0.2) is 4.79 Å². The van der Waals surface area contributed by atoms with Gasteiger partial charge in [0, 0.05) is 23.3 Å². The fourth-order valence-electron chi connectivity index (χ4n) is 2.41. The summed E-state index contributed by atoms with van der Waals surface area (Å²) in [6.45, 7) is 3.88. The van der Waals surface area contributed by atoms with Crippen LogP contribution in [0.15, 0.2) is 24.3 Å². The lowest BCUT2D eigenvalue weighted by molar-refractivity contribution is 0.0697. The van der Waals surface area contributed by atoms with E-state index < -0.39 is 5.97 Å². The van der Waals surface area contributed by atoms with Gasteiger partial charge in [-0.1, -0.05) is 0 Å². The first kappa shape index (κ1) is 16.2. The minimum absolute atomic E-state index is 0.286. The maximum Gasteiger partial charge on any atom is 0.335 e. The third-order valence-corrected chi connectivity index (χ3v) is 3.53. The fraction of sp³-hybridized carbons (Fsp3) is 0.412. The number of hydrogen-bond acceptors (Lipinski definition) is 4. The highest BCUT2D eigenvalue weighted by Crippen LogP contribution is 2.24. The van der Waals surface area contributed by atoms with Crippen molar-refractivity contribution >= 4 is 22.6 Å². The molecule has 0 spiro atoms. The molecule has 2 N–H and O–H groups in total. The molecule has 0 bridgehead atoms. The van der Waals surface area contributed by atoms with Crippen LogP contribution >= 0.6 is 0 Å². The maximum absolute atomic E-state index is 11.1. The molecule has 0 fully saturated rings. The molecule has 118 valence electrons. The lowest BCUT2D eigenvalue weighted by atomic mass is 10.1. The topological polar surface area (TPSA) is 65.5 Å². The number of carboxylic acids is 1. The maximum atomic E-state index is 11.1. The van der Waals surface area contributed by atoms with E-state index in [2.05, 4.69) is 29.3 Å². The van der Waals surface area contributed by atoms with Gasteiger partial charge in [-0.15, -0.1) is 0 Å². The third kappa shape index (κ3) is 4.18. The van der Waals surface area contributed by atoms with E-state index in [4.69, 9.17) is 5.11 Å². The van der Waals surface area contributed by atoms with Gasteiger partial charge >= 0.3 is 5.97 Å². The zero-order chi connectivity index (χ0) is 16.1. The highest BCUT2D eigenvalue weighted by molar-refractivity contribution is 5.98. The number of nitrogens with one attached hydrogen (secondary N) is 1. The number of anilines is 1. The summed E-state index contributed by atoms with van der Waals surface area (Å²) in [6.07, 6.45) is 2.20. The van der Waals surface area contributed by atoms with Gasteiger partial charge in [-0.3, -0.25) is 4.98 Å². The number of aromatic nitrogens is 1. The molecule has 22 heavy (non-hydrogen) atoms. The Hall–Kier alpha value is -2.14. The largest absolute Gasteiger partial charge is 0.478 e. The highest BCUT2D eigenvalue weighted by Gasteiger charge is 2.08. The van der Waals surface area contributed by atoms with Crippen LogP contribution in [0, 0.1) is 6.92 Å². The number of nitrogens with zero attached hydrogens (tertiary/aromatic N) is 2. The second kappa shape index (κ2) is 7.22. The smallest absolute Gasteiger partial charge is 0.335 e. The van der Waals surface area contributed by atoms with Crippen LogP contribution in [0.5, 0.6) is 0 Å². The first-order valence-corrected chi connectivity index (χ1v) is 7.50. The summed E-state index contributed by atoms with van der Waals surface area (Å²) in [4.78, 5) is 17.8. The van der Waals surface area contributed by atoms with Crippen molar-refractivity contribution in [3.63, 3.8) is 0 Å². The van der Waals surface area contributed by atoms with Crippen LogP contribution in [0.4, 0.5) is 5.69 Å². The summed E-state index contributed by atoms with van der Waals surface area (Å²) in [5.74, 6) is -0.917. The molecule has 2 rings (SSSR count). The molecule has 0 saturated carbocycles. The van der Waals surface area contributed by atoms with Gasteiger partial charge in [0.2, 0.25) is 0 Å². The summed E-state index contributed by atoms with van der Waals surface area (Å²) in [5.41, 5.74) is 2.98. The van der Waals surface area contributed by atoms with Gasteiger partial charge in [0.15, 0.2) is 0 Å². The summed E-state index contributed by atoms with van der Waals surface area (Å²) in [6, 6.07) is 7.02. The van der Waals surface area contributed by atoms with Crippen molar-refractivity contribution < 1.29 is 9.90 Å². The van der Waals surface area contributed by atoms with Gasteiger partial charge in [0.25, 0.3) is 0 Å². The monoisotopic (exact) mass is 301 g/mol. The predicted molar refractivity (Wildman–Crippen MR) is 89.7 cm³/mol. The Morgan fingerprint density at radius 1 is 1.27 bits per heavy atom. The molecule has 5 heteroatoms. The predicted octanol–water partition coefficient (Wildman–Crippen LogP) is 3.00. The SMILES string of the molecule is Cc1cc(NCCCCN(C)C)c2cc(C(=O)O)ccc2n1. The molecule has 0 saturated heterocycles. The molecule has 1 aromatic carbocycles. The fourth-order valence-corrected chi connectivity index (χ4v) is 2.41. The Morgan fingerprint density at radius 2 is 2.05 bits per heavy atom. The molecule has 0 aliphatic heterocycles. The Bertz CT molecular complexity index is 668. The minimum Gasteiger partial charge on any atom is -0.478 e. The van der Waals surface area contributed by atoms with E-state index in [0.29, 0.717) is 0 Å². The number of fused-ring (bicyclic) bond motifs is 1. The zero-order valence-electron chi connectivity index (χ0n) is 13.4. The first-order valence-electron chi connectivity index (χ1n) is 7.50. The summed E-state index contributed by atoms with van der Waals surface area (Å²) < 4.78 is 0. The van der Waals surface area contributed by atoms with E-state index in [9.17, 15) is 4.79 Å². The van der Waals surface area contributed by atoms with E-state index in [1.54, 1.807) is 18.2 Å². The number of aromatic carboxylic acids is 1. The van der Waals surface area contributed by atoms with Gasteiger partial charge in [0.05, 0.1) is 11.1 Å². The van der Waals surface area contributed by atoms with Crippen molar-refractivity contribution in [3.8, 4) is 0 Å². The average molecular weight is 301 g/mol. The van der Waals surface area contributed by atoms with Crippen molar-refractivity contribution in [2.75, 3.05) is 32.5 Å². The van der Waals surface area contributed by atoms with Crippen molar-refractivity contribution in [1.29, 1.82) is 0 Å². The standard InChI is InChI=1S/C17H23N3O2/c1-12-10-16(18-8-4-5-9-20(2)3)14-11-13(17(21)22)6-7-15(14)19-12/h6-7,10-11H,4-5,8-9H2,1-3H3,(H,18,19)(H,21,22). The first-order chi connectivity index (χ1) is 10.5. The molecule has 0 unspecified atom stereocenters. The van der Waals surface area contributed by atoms with Crippen LogP contribution in [0.3, 0.4) is 0 Å². The number of rotatable bonds is 7. The quantitative estimate of drug-likeness (QED) is 0.770. The number of carbonyl (C=O) groups is 1. The molecule has 1 heterocycles. The van der Waals surface area contributed by atoms with Crippen LogP contribution < -0.4 is 5.32 Å². The van der Waals surface area contributed by atoms with Crippen molar-refractivity contribution in [2.24, 2.45) is 0 Å². The lowest BCUT2D eigenvalue weighted by Crippen LogP contribution is -2.14. The number of benzene rings is 1. The Kier molecular flexibility index (Phi) is 5.33. The van der Waals surface area contributed by atoms with Crippen molar-refractivity contribution in [1.82, 2.24) is 9.88 Å². The van der Waals surface area contributed by atoms with Crippen LogP contribution in [0.1, 0.15) is 28.9 Å². The zero-order valence-corrected chi connectivity index (χ0v) is 13.4. The normalized spacial score (nSPS) is 11.1. The molecule has 0 radical (unpaired) electrons. The molecule has 2 aromatic rings. The molecule has 0 aliphatic rings. The second-order valence-corrected chi connectivity index (χ2v) is 5.79. The molecule has 5 nitrogen and oxygen atoms in total. The van der Waals surface area contributed by atoms with Gasteiger partial charge in [-0.05, 0) is 64.7 Å². The number of hydrogen-bond donors (Lipinski definition) is 2. The van der Waals surface area contributed by atoms with Gasteiger partial charge in [0.1, 0.15) is 0 Å². The average Bonchev–Trinajstić information content (AvgIpc) is 2.45. The Labute approximate surface area is 131 Å². The van der Waals surface area contributed by atoms with Gasteiger partial charge < -0.3 is 15.3 Å². The number of pyridine rings is 1. The number of aryl methyl sites for hydroxylation is 1. The summed E-state index contributed by atoms with van der Waals surface area (Å²) in [7, 11) is 4.14. The third-order valence-electron chi connectivity index (χ3n) is 3.53. The summed E-state index contributed by atoms with van der Waals surface area (Å²) >= 11 is 0. The highest BCUT2D eigenvalue weighted by atomic mass is 16.4. The van der Waals surface area contributed by atoms with Crippen molar-refractivity contribution in [3.05, 3.63) is 35.5 Å². The Balaban J connectivity index is 2.16. The number of unbranched alkanes of at least 4 members (excludes halogenated alkanes) is 1.